The van der Waals surface area contributed by atoms with Gasteiger partial charge in [-0.3, -0.25) is 0 Å². The van der Waals surface area contributed by atoms with Gasteiger partial charge in [-0.15, -0.1) is 23.7 Å². The second-order valence-corrected chi connectivity index (χ2v) is 7.00. The van der Waals surface area contributed by atoms with Crippen molar-refractivity contribution in [1.29, 1.82) is 0 Å². The summed E-state index contributed by atoms with van der Waals surface area (Å²) in [5, 5.41) is 6.22. The fourth-order valence-corrected chi connectivity index (χ4v) is 3.42. The Balaban J connectivity index is 0.00000240. The number of aromatic nitrogens is 2. The quantitative estimate of drug-likeness (QED) is 0.421. The number of thiophene rings is 1. The smallest absolute Gasteiger partial charge is 0.162 e. The maximum Gasteiger partial charge on any atom is 0.162 e. The number of fused-ring (bicyclic) bond motifs is 1. The number of methoxy groups -OCH3 is 2. The number of halogens is 1. The van der Waals surface area contributed by atoms with Gasteiger partial charge in [0.25, 0.3) is 0 Å². The molecule has 0 saturated heterocycles. The number of nitrogens with zero attached hydrogens (tertiary/aromatic N) is 2. The van der Waals surface area contributed by atoms with Crippen molar-refractivity contribution in [3.63, 3.8) is 0 Å². The number of hydrogen-bond donors (Lipinski definition) is 1. The van der Waals surface area contributed by atoms with Gasteiger partial charge >= 0.3 is 0 Å². The van der Waals surface area contributed by atoms with Crippen LogP contribution in [0.1, 0.15) is 4.88 Å². The predicted octanol–water partition coefficient (Wildman–Crippen LogP) is 5.45. The summed E-state index contributed by atoms with van der Waals surface area (Å²) >= 11 is 1.68. The molecule has 0 fully saturated rings. The Labute approximate surface area is 178 Å². The first-order valence-electron chi connectivity index (χ1n) is 8.66. The van der Waals surface area contributed by atoms with Crippen LogP contribution in [0.15, 0.2) is 60.2 Å². The Hall–Kier alpha value is -3.03. The van der Waals surface area contributed by atoms with Gasteiger partial charge in [0, 0.05) is 22.0 Å². The molecule has 0 atom stereocenters. The second kappa shape index (κ2) is 9.45. The molecular formula is C21H20ClN3O3S. The first-order valence-corrected chi connectivity index (χ1v) is 9.54. The number of hydrogen-bond acceptors (Lipinski definition) is 7. The molecule has 2 heterocycles. The molecule has 0 spiro atoms. The van der Waals surface area contributed by atoms with Gasteiger partial charge in [0.05, 0.1) is 19.7 Å². The van der Waals surface area contributed by atoms with E-state index in [1.807, 2.05) is 47.8 Å². The number of ether oxygens (including phenoxy) is 3. The summed E-state index contributed by atoms with van der Waals surface area (Å²) < 4.78 is 16.6. The molecule has 4 rings (SSSR count). The predicted molar refractivity (Wildman–Crippen MR) is 118 cm³/mol. The third-order valence-electron chi connectivity index (χ3n) is 4.22. The first kappa shape index (κ1) is 20.7. The summed E-state index contributed by atoms with van der Waals surface area (Å²) in [5.74, 6) is 2.77. The zero-order valence-corrected chi connectivity index (χ0v) is 17.5. The molecule has 0 saturated carbocycles. The van der Waals surface area contributed by atoms with E-state index in [1.165, 1.54) is 11.2 Å². The summed E-state index contributed by atoms with van der Waals surface area (Å²) in [7, 11) is 3.21. The molecule has 0 bridgehead atoms. The van der Waals surface area contributed by atoms with Gasteiger partial charge in [0.2, 0.25) is 0 Å². The van der Waals surface area contributed by atoms with Crippen molar-refractivity contribution in [2.24, 2.45) is 0 Å². The van der Waals surface area contributed by atoms with Gasteiger partial charge in [-0.05, 0) is 41.8 Å². The molecule has 150 valence electrons. The van der Waals surface area contributed by atoms with Crippen LogP contribution < -0.4 is 19.5 Å². The van der Waals surface area contributed by atoms with Crippen LogP contribution in [0.5, 0.6) is 17.2 Å². The van der Waals surface area contributed by atoms with Crippen LogP contribution >= 0.6 is 23.7 Å². The lowest BCUT2D eigenvalue weighted by Crippen LogP contribution is -1.98. The van der Waals surface area contributed by atoms with Crippen molar-refractivity contribution in [2.45, 2.75) is 6.61 Å². The van der Waals surface area contributed by atoms with E-state index in [9.17, 15) is 0 Å². The molecule has 0 aliphatic heterocycles. The molecule has 1 N–H and O–H groups in total. The minimum atomic E-state index is 0. The molecule has 0 unspecified atom stereocenters. The van der Waals surface area contributed by atoms with Crippen molar-refractivity contribution in [1.82, 2.24) is 9.97 Å². The zero-order chi connectivity index (χ0) is 19.3. The minimum absolute atomic E-state index is 0. The minimum Gasteiger partial charge on any atom is -0.493 e. The molecule has 4 aromatic rings. The maximum absolute atomic E-state index is 5.81. The van der Waals surface area contributed by atoms with E-state index >= 15 is 0 Å². The average Bonchev–Trinajstić information content (AvgIpc) is 3.26. The molecule has 6 nitrogen and oxygen atoms in total. The van der Waals surface area contributed by atoms with Crippen LogP contribution in [0, 0.1) is 0 Å². The lowest BCUT2D eigenvalue weighted by atomic mass is 10.2. The Morgan fingerprint density at radius 3 is 2.41 bits per heavy atom. The van der Waals surface area contributed by atoms with Crippen molar-refractivity contribution in [2.75, 3.05) is 19.5 Å². The van der Waals surface area contributed by atoms with Gasteiger partial charge in [-0.25, -0.2) is 9.97 Å². The van der Waals surface area contributed by atoms with E-state index in [0.717, 1.165) is 22.3 Å². The second-order valence-electron chi connectivity index (χ2n) is 5.96. The van der Waals surface area contributed by atoms with Gasteiger partial charge in [0.15, 0.2) is 11.5 Å². The Bertz CT molecular complexity index is 1070. The maximum atomic E-state index is 5.81. The highest BCUT2D eigenvalue weighted by atomic mass is 35.5. The topological polar surface area (TPSA) is 65.5 Å². The van der Waals surface area contributed by atoms with Crippen LogP contribution in [0.2, 0.25) is 0 Å². The van der Waals surface area contributed by atoms with Gasteiger partial charge < -0.3 is 19.5 Å². The van der Waals surface area contributed by atoms with E-state index < -0.39 is 0 Å². The number of benzene rings is 2. The van der Waals surface area contributed by atoms with Crippen LogP contribution in [-0.4, -0.2) is 24.2 Å². The van der Waals surface area contributed by atoms with Gasteiger partial charge in [-0.1, -0.05) is 6.07 Å². The highest BCUT2D eigenvalue weighted by molar-refractivity contribution is 7.09. The van der Waals surface area contributed by atoms with E-state index in [2.05, 4.69) is 21.4 Å². The number of anilines is 2. The van der Waals surface area contributed by atoms with E-state index in [-0.39, 0.29) is 12.4 Å². The van der Waals surface area contributed by atoms with Crippen molar-refractivity contribution in [3.05, 3.63) is 65.1 Å². The van der Waals surface area contributed by atoms with Crippen molar-refractivity contribution < 1.29 is 14.2 Å². The molecule has 0 radical (unpaired) electrons. The summed E-state index contributed by atoms with van der Waals surface area (Å²) in [6.07, 6.45) is 1.52. The molecular weight excluding hydrogens is 410 g/mol. The molecule has 2 aromatic carbocycles. The highest BCUT2D eigenvalue weighted by Gasteiger charge is 2.11. The lowest BCUT2D eigenvalue weighted by Gasteiger charge is -2.12. The third-order valence-corrected chi connectivity index (χ3v) is 5.07. The van der Waals surface area contributed by atoms with Crippen LogP contribution in [0.25, 0.3) is 10.9 Å². The highest BCUT2D eigenvalue weighted by Crippen LogP contribution is 2.34. The largest absolute Gasteiger partial charge is 0.493 e. The third kappa shape index (κ3) is 4.70. The average molecular weight is 430 g/mol. The van der Waals surface area contributed by atoms with Crippen LogP contribution in [0.3, 0.4) is 0 Å². The van der Waals surface area contributed by atoms with E-state index in [4.69, 9.17) is 14.2 Å². The fourth-order valence-electron chi connectivity index (χ4n) is 2.80. The molecule has 2 aromatic heterocycles. The van der Waals surface area contributed by atoms with E-state index in [1.54, 1.807) is 25.6 Å². The normalized spacial score (nSPS) is 10.3. The summed E-state index contributed by atoms with van der Waals surface area (Å²) in [4.78, 5) is 9.90. The van der Waals surface area contributed by atoms with Crippen LogP contribution in [-0.2, 0) is 6.61 Å². The first-order chi connectivity index (χ1) is 13.8. The molecule has 8 heteroatoms. The van der Waals surface area contributed by atoms with Gasteiger partial charge in [0.1, 0.15) is 24.5 Å². The zero-order valence-electron chi connectivity index (χ0n) is 15.9. The van der Waals surface area contributed by atoms with Crippen LogP contribution in [0.4, 0.5) is 11.5 Å². The molecule has 29 heavy (non-hydrogen) atoms. The Kier molecular flexibility index (Phi) is 6.74. The molecule has 0 aliphatic rings. The summed E-state index contributed by atoms with van der Waals surface area (Å²) in [6, 6.07) is 15.6. The number of nitrogens with one attached hydrogen (secondary N) is 1. The molecule has 0 amide bonds. The van der Waals surface area contributed by atoms with E-state index in [0.29, 0.717) is 23.9 Å². The Morgan fingerprint density at radius 1 is 0.966 bits per heavy atom. The standard InChI is InChI=1S/C21H19N3O3S.ClH/c1-25-19-10-17-18(11-20(19)26-2)22-13-23-21(17)24-14-5-7-15(8-6-14)27-12-16-4-3-9-28-16;/h3-11,13H,12H2,1-2H3,(H,22,23,24);1H. The summed E-state index contributed by atoms with van der Waals surface area (Å²) in [6.45, 7) is 0.572. The monoisotopic (exact) mass is 429 g/mol. The fraction of sp³-hybridized carbons (Fsp3) is 0.143. The molecule has 0 aliphatic carbocycles. The summed E-state index contributed by atoms with van der Waals surface area (Å²) in [5.41, 5.74) is 1.67. The SMILES string of the molecule is COc1cc2ncnc(Nc3ccc(OCc4cccs4)cc3)c2cc1OC.Cl. The van der Waals surface area contributed by atoms with Crippen molar-refractivity contribution in [3.8, 4) is 17.2 Å². The number of rotatable bonds is 7. The lowest BCUT2D eigenvalue weighted by molar-refractivity contribution is 0.310. The van der Waals surface area contributed by atoms with Crippen molar-refractivity contribution >= 4 is 46.2 Å². The van der Waals surface area contributed by atoms with Gasteiger partial charge in [-0.2, -0.15) is 0 Å². The Morgan fingerprint density at radius 2 is 1.72 bits per heavy atom.